The van der Waals surface area contributed by atoms with Gasteiger partial charge in [0.25, 0.3) is 5.95 Å². The molecule has 2 heteroatoms. The third-order valence-corrected chi connectivity index (χ3v) is 3.22. The summed E-state index contributed by atoms with van der Waals surface area (Å²) in [6, 6.07) is 10.5. The molecule has 0 aromatic heterocycles. The molecule has 0 bridgehead atoms. The smallest absolute Gasteiger partial charge is 0.284 e. The average Bonchev–Trinajstić information content (AvgIpc) is 2.40. The topological polar surface area (TPSA) is 18.5 Å². The van der Waals surface area contributed by atoms with Gasteiger partial charge in [0, 0.05) is 11.5 Å². The summed E-state index contributed by atoms with van der Waals surface area (Å²) in [4.78, 5) is 0. The molecule has 1 aromatic rings. The summed E-state index contributed by atoms with van der Waals surface area (Å²) in [5.41, 5.74) is 2.51. The van der Waals surface area contributed by atoms with Crippen LogP contribution in [0.2, 0.25) is 0 Å². The van der Waals surface area contributed by atoms with Crippen molar-refractivity contribution in [3.8, 4) is 0 Å². The van der Waals surface area contributed by atoms with Crippen LogP contribution in [0.15, 0.2) is 53.7 Å². The molecule has 96 valence electrons. The van der Waals surface area contributed by atoms with E-state index in [-0.39, 0.29) is 0 Å². The third-order valence-electron chi connectivity index (χ3n) is 3.22. The molecule has 0 N–H and O–H groups in total. The zero-order chi connectivity index (χ0) is 13.0. The fraction of sp³-hybridized carbons (Fsp3) is 0.375. The molecule has 0 saturated carbocycles. The van der Waals surface area contributed by atoms with E-state index in [1.807, 2.05) is 19.9 Å². The predicted molar refractivity (Wildman–Crippen MR) is 73.0 cm³/mol. The highest BCUT2D eigenvalue weighted by molar-refractivity contribution is 5.31. The van der Waals surface area contributed by atoms with Gasteiger partial charge in [0.05, 0.1) is 6.61 Å². The Labute approximate surface area is 109 Å². The summed E-state index contributed by atoms with van der Waals surface area (Å²) in [5.74, 6) is 1.92. The van der Waals surface area contributed by atoms with Gasteiger partial charge in [-0.3, -0.25) is 0 Å². The van der Waals surface area contributed by atoms with Gasteiger partial charge in [-0.1, -0.05) is 37.3 Å². The van der Waals surface area contributed by atoms with E-state index < -0.39 is 0 Å². The Balaban J connectivity index is 2.26. The Morgan fingerprint density at radius 3 is 2.67 bits per heavy atom. The first-order valence-electron chi connectivity index (χ1n) is 6.47. The molecule has 0 radical (unpaired) electrons. The molecule has 1 aliphatic rings. The molecule has 2 rings (SSSR count). The lowest BCUT2D eigenvalue weighted by Crippen LogP contribution is -2.10. The van der Waals surface area contributed by atoms with Gasteiger partial charge in [-0.15, -0.1) is 0 Å². The summed E-state index contributed by atoms with van der Waals surface area (Å²) < 4.78 is 11.3. The molecule has 0 spiro atoms. The van der Waals surface area contributed by atoms with E-state index in [1.54, 1.807) is 0 Å². The number of hydrogen-bond acceptors (Lipinski definition) is 2. The molecule has 1 unspecified atom stereocenters. The highest BCUT2D eigenvalue weighted by Gasteiger charge is 2.21. The van der Waals surface area contributed by atoms with Crippen LogP contribution in [0.4, 0.5) is 0 Å². The van der Waals surface area contributed by atoms with Crippen LogP contribution in [0.3, 0.4) is 0 Å². The highest BCUT2D eigenvalue weighted by Crippen LogP contribution is 2.33. The molecular weight excluding hydrogens is 224 g/mol. The molecule has 0 amide bonds. The predicted octanol–water partition coefficient (Wildman–Crippen LogP) is 4.36. The Bertz CT molecular complexity index is 457. The van der Waals surface area contributed by atoms with Gasteiger partial charge in [-0.05, 0) is 31.9 Å². The minimum atomic E-state index is 0.317. The SMILES string of the molecule is CCOC1=C(C(C)c2ccccc2)CC=C(C)O1. The number of benzene rings is 1. The summed E-state index contributed by atoms with van der Waals surface area (Å²) >= 11 is 0. The van der Waals surface area contributed by atoms with Crippen molar-refractivity contribution in [2.45, 2.75) is 33.1 Å². The highest BCUT2D eigenvalue weighted by atomic mass is 16.7. The van der Waals surface area contributed by atoms with Crippen molar-refractivity contribution in [2.24, 2.45) is 0 Å². The minimum Gasteiger partial charge on any atom is -0.465 e. The molecule has 0 aliphatic carbocycles. The van der Waals surface area contributed by atoms with Gasteiger partial charge in [-0.25, -0.2) is 0 Å². The van der Waals surface area contributed by atoms with Crippen molar-refractivity contribution in [1.29, 1.82) is 0 Å². The fourth-order valence-corrected chi connectivity index (χ4v) is 2.14. The number of allylic oxidation sites excluding steroid dienone is 3. The van der Waals surface area contributed by atoms with Crippen LogP contribution in [0, 0.1) is 0 Å². The van der Waals surface area contributed by atoms with Gasteiger partial charge in [0.2, 0.25) is 0 Å². The van der Waals surface area contributed by atoms with Gasteiger partial charge in [0.1, 0.15) is 5.76 Å². The van der Waals surface area contributed by atoms with E-state index in [0.29, 0.717) is 18.5 Å². The number of hydrogen-bond donors (Lipinski definition) is 0. The molecular formula is C16H20O2. The van der Waals surface area contributed by atoms with E-state index in [0.717, 1.165) is 12.2 Å². The third kappa shape index (κ3) is 2.76. The zero-order valence-corrected chi connectivity index (χ0v) is 11.3. The molecule has 0 saturated heterocycles. The Morgan fingerprint density at radius 2 is 2.00 bits per heavy atom. The van der Waals surface area contributed by atoms with Crippen molar-refractivity contribution in [3.63, 3.8) is 0 Å². The molecule has 2 nitrogen and oxygen atoms in total. The second-order valence-electron chi connectivity index (χ2n) is 4.50. The van der Waals surface area contributed by atoms with Crippen molar-refractivity contribution >= 4 is 0 Å². The van der Waals surface area contributed by atoms with Gasteiger partial charge >= 0.3 is 0 Å². The minimum absolute atomic E-state index is 0.317. The zero-order valence-electron chi connectivity index (χ0n) is 11.3. The largest absolute Gasteiger partial charge is 0.465 e. The van der Waals surface area contributed by atoms with Gasteiger partial charge in [-0.2, -0.15) is 0 Å². The standard InChI is InChI=1S/C16H20O2/c1-4-17-16-15(11-10-12(2)18-16)13(3)14-8-6-5-7-9-14/h5-10,13H,4,11H2,1-3H3. The Kier molecular flexibility index (Phi) is 4.08. The summed E-state index contributed by atoms with van der Waals surface area (Å²) in [5, 5.41) is 0. The lowest BCUT2D eigenvalue weighted by Gasteiger charge is -2.23. The summed E-state index contributed by atoms with van der Waals surface area (Å²) in [6.07, 6.45) is 3.01. The van der Waals surface area contributed by atoms with Crippen molar-refractivity contribution in [2.75, 3.05) is 6.61 Å². The average molecular weight is 244 g/mol. The normalized spacial score (nSPS) is 16.9. The maximum absolute atomic E-state index is 5.70. The van der Waals surface area contributed by atoms with Crippen LogP contribution in [-0.4, -0.2) is 6.61 Å². The van der Waals surface area contributed by atoms with Crippen molar-refractivity contribution in [1.82, 2.24) is 0 Å². The number of rotatable bonds is 4. The van der Waals surface area contributed by atoms with E-state index >= 15 is 0 Å². The van der Waals surface area contributed by atoms with Crippen LogP contribution in [0.5, 0.6) is 0 Å². The van der Waals surface area contributed by atoms with Gasteiger partial charge in [0.15, 0.2) is 0 Å². The monoisotopic (exact) mass is 244 g/mol. The maximum Gasteiger partial charge on any atom is 0.284 e. The fourth-order valence-electron chi connectivity index (χ4n) is 2.14. The van der Waals surface area contributed by atoms with Crippen molar-refractivity contribution in [3.05, 3.63) is 59.2 Å². The molecule has 0 fully saturated rings. The Morgan fingerprint density at radius 1 is 1.28 bits per heavy atom. The van der Waals surface area contributed by atoms with E-state index in [4.69, 9.17) is 9.47 Å². The van der Waals surface area contributed by atoms with Crippen molar-refractivity contribution < 1.29 is 9.47 Å². The molecule has 1 aliphatic heterocycles. The van der Waals surface area contributed by atoms with E-state index in [2.05, 4.69) is 37.3 Å². The number of ether oxygens (including phenoxy) is 2. The quantitative estimate of drug-likeness (QED) is 0.783. The molecule has 18 heavy (non-hydrogen) atoms. The van der Waals surface area contributed by atoms with Crippen LogP contribution >= 0.6 is 0 Å². The van der Waals surface area contributed by atoms with Crippen LogP contribution in [0.1, 0.15) is 38.7 Å². The summed E-state index contributed by atoms with van der Waals surface area (Å²) in [7, 11) is 0. The van der Waals surface area contributed by atoms with E-state index in [1.165, 1.54) is 11.1 Å². The maximum atomic E-state index is 5.70. The first kappa shape index (κ1) is 12.7. The first-order chi connectivity index (χ1) is 8.72. The second-order valence-corrected chi connectivity index (χ2v) is 4.50. The molecule has 1 atom stereocenters. The second kappa shape index (κ2) is 5.76. The van der Waals surface area contributed by atoms with Crippen LogP contribution in [0.25, 0.3) is 0 Å². The lowest BCUT2D eigenvalue weighted by atomic mass is 9.90. The first-order valence-corrected chi connectivity index (χ1v) is 6.47. The summed E-state index contributed by atoms with van der Waals surface area (Å²) in [6.45, 7) is 6.77. The van der Waals surface area contributed by atoms with Crippen LogP contribution < -0.4 is 0 Å². The van der Waals surface area contributed by atoms with Crippen LogP contribution in [-0.2, 0) is 9.47 Å². The molecule has 1 aromatic carbocycles. The van der Waals surface area contributed by atoms with Gasteiger partial charge < -0.3 is 9.47 Å². The lowest BCUT2D eigenvalue weighted by molar-refractivity contribution is 0.0663. The van der Waals surface area contributed by atoms with E-state index in [9.17, 15) is 0 Å². The molecule has 1 heterocycles. The Hall–Kier alpha value is -1.70.